The number of nitrogens with two attached hydrogens (primary N) is 1. The van der Waals surface area contributed by atoms with Crippen LogP contribution in [0.5, 0.6) is 0 Å². The van der Waals surface area contributed by atoms with Crippen molar-refractivity contribution in [2.45, 2.75) is 6.29 Å². The SMILES string of the molecule is CN1C=C[N+](C)(C)C1N. The minimum Gasteiger partial charge on any atom is -0.314 e. The summed E-state index contributed by atoms with van der Waals surface area (Å²) in [4.78, 5) is 2.00. The Morgan fingerprint density at radius 2 is 2.11 bits per heavy atom. The van der Waals surface area contributed by atoms with Crippen LogP contribution >= 0.6 is 0 Å². The summed E-state index contributed by atoms with van der Waals surface area (Å²) in [6.45, 7) is 0. The summed E-state index contributed by atoms with van der Waals surface area (Å²) in [5, 5.41) is 0. The average Bonchev–Trinajstić information content (AvgIpc) is 1.97. The topological polar surface area (TPSA) is 29.3 Å². The quantitative estimate of drug-likeness (QED) is 0.455. The monoisotopic (exact) mass is 128 g/mol. The Morgan fingerprint density at radius 1 is 1.56 bits per heavy atom. The molecule has 0 radical (unpaired) electrons. The highest BCUT2D eigenvalue weighted by Gasteiger charge is 2.29. The van der Waals surface area contributed by atoms with Crippen LogP contribution in [0.1, 0.15) is 0 Å². The minimum absolute atomic E-state index is 0.0880. The van der Waals surface area contributed by atoms with Gasteiger partial charge in [-0.2, -0.15) is 0 Å². The molecule has 1 unspecified atom stereocenters. The highest BCUT2D eigenvalue weighted by atomic mass is 15.5. The molecule has 0 aromatic heterocycles. The molecular weight excluding hydrogens is 114 g/mol. The van der Waals surface area contributed by atoms with E-state index in [1.165, 1.54) is 0 Å². The Balaban J connectivity index is 2.74. The van der Waals surface area contributed by atoms with Crippen LogP contribution < -0.4 is 5.73 Å². The Kier molecular flexibility index (Phi) is 1.26. The van der Waals surface area contributed by atoms with E-state index in [1.54, 1.807) is 0 Å². The predicted octanol–water partition coefficient (Wildman–Crippen LogP) is -0.278. The molecule has 0 fully saturated rings. The van der Waals surface area contributed by atoms with Crippen molar-refractivity contribution in [1.29, 1.82) is 0 Å². The third-order valence-corrected chi connectivity index (χ3v) is 1.79. The Labute approximate surface area is 55.9 Å². The van der Waals surface area contributed by atoms with Gasteiger partial charge in [-0.25, -0.2) is 0 Å². The third kappa shape index (κ3) is 0.930. The van der Waals surface area contributed by atoms with Crippen LogP contribution in [0.25, 0.3) is 0 Å². The fraction of sp³-hybridized carbons (Fsp3) is 0.667. The van der Waals surface area contributed by atoms with E-state index in [0.29, 0.717) is 0 Å². The molecule has 1 rings (SSSR count). The zero-order chi connectivity index (χ0) is 7.07. The third-order valence-electron chi connectivity index (χ3n) is 1.79. The number of rotatable bonds is 0. The largest absolute Gasteiger partial charge is 0.314 e. The molecule has 3 nitrogen and oxygen atoms in total. The van der Waals surface area contributed by atoms with Crippen molar-refractivity contribution in [2.75, 3.05) is 21.1 Å². The molecule has 1 aliphatic heterocycles. The number of hydrogen-bond donors (Lipinski definition) is 1. The number of nitrogens with zero attached hydrogens (tertiary/aromatic N) is 2. The average molecular weight is 128 g/mol. The first-order chi connectivity index (χ1) is 4.04. The van der Waals surface area contributed by atoms with E-state index in [4.69, 9.17) is 5.73 Å². The molecule has 2 N–H and O–H groups in total. The summed E-state index contributed by atoms with van der Waals surface area (Å²) in [6.07, 6.45) is 4.17. The Hall–Kier alpha value is -0.540. The molecule has 0 saturated carbocycles. The first-order valence-corrected chi connectivity index (χ1v) is 3.04. The van der Waals surface area contributed by atoms with Crippen molar-refractivity contribution in [1.82, 2.24) is 4.90 Å². The molecular formula is C6H14N3+. The van der Waals surface area contributed by atoms with Gasteiger partial charge in [-0.1, -0.05) is 0 Å². The molecule has 0 saturated heterocycles. The van der Waals surface area contributed by atoms with Crippen LogP contribution in [-0.4, -0.2) is 36.8 Å². The van der Waals surface area contributed by atoms with E-state index in [9.17, 15) is 0 Å². The predicted molar refractivity (Wildman–Crippen MR) is 37.0 cm³/mol. The second-order valence-electron chi connectivity index (χ2n) is 3.01. The second-order valence-corrected chi connectivity index (χ2v) is 3.01. The molecule has 1 atom stereocenters. The van der Waals surface area contributed by atoms with Crippen molar-refractivity contribution >= 4 is 0 Å². The molecule has 1 heterocycles. The van der Waals surface area contributed by atoms with Crippen molar-refractivity contribution in [3.63, 3.8) is 0 Å². The molecule has 0 amide bonds. The van der Waals surface area contributed by atoms with Gasteiger partial charge in [0.25, 0.3) is 0 Å². The Morgan fingerprint density at radius 3 is 2.22 bits per heavy atom. The molecule has 0 bridgehead atoms. The van der Waals surface area contributed by atoms with Crippen LogP contribution in [0.3, 0.4) is 0 Å². The summed E-state index contributed by atoms with van der Waals surface area (Å²) in [6, 6.07) is 0. The molecule has 3 heteroatoms. The van der Waals surface area contributed by atoms with E-state index in [1.807, 2.05) is 18.1 Å². The summed E-state index contributed by atoms with van der Waals surface area (Å²) in [7, 11) is 6.13. The highest BCUT2D eigenvalue weighted by molar-refractivity contribution is 4.81. The second kappa shape index (κ2) is 1.72. The van der Waals surface area contributed by atoms with E-state index in [-0.39, 0.29) is 6.29 Å². The standard InChI is InChI=1S/C6H14N3/c1-8-4-5-9(2,3)6(8)7/h4-6H,7H2,1-3H3/q+1. The van der Waals surface area contributed by atoms with Crippen molar-refractivity contribution < 1.29 is 4.48 Å². The maximum Gasteiger partial charge on any atom is 0.223 e. The molecule has 9 heavy (non-hydrogen) atoms. The zero-order valence-electron chi connectivity index (χ0n) is 6.20. The van der Waals surface area contributed by atoms with Gasteiger partial charge < -0.3 is 4.90 Å². The number of quaternary nitrogens is 1. The maximum atomic E-state index is 5.79. The lowest BCUT2D eigenvalue weighted by atomic mass is 10.6. The van der Waals surface area contributed by atoms with Crippen LogP contribution in [0.2, 0.25) is 0 Å². The van der Waals surface area contributed by atoms with Crippen LogP contribution in [0, 0.1) is 0 Å². The van der Waals surface area contributed by atoms with Crippen molar-refractivity contribution in [3.8, 4) is 0 Å². The van der Waals surface area contributed by atoms with Crippen LogP contribution in [0.15, 0.2) is 12.4 Å². The summed E-state index contributed by atoms with van der Waals surface area (Å²) in [5.74, 6) is 0. The Bertz CT molecular complexity index is 139. The minimum atomic E-state index is 0.0880. The van der Waals surface area contributed by atoms with E-state index < -0.39 is 0 Å². The smallest absolute Gasteiger partial charge is 0.223 e. The van der Waals surface area contributed by atoms with Gasteiger partial charge in [0, 0.05) is 7.05 Å². The lowest BCUT2D eigenvalue weighted by Gasteiger charge is -2.29. The maximum absolute atomic E-state index is 5.79. The normalized spacial score (nSPS) is 31.6. The van der Waals surface area contributed by atoms with Gasteiger partial charge >= 0.3 is 0 Å². The molecule has 52 valence electrons. The fourth-order valence-electron chi connectivity index (χ4n) is 0.923. The first-order valence-electron chi connectivity index (χ1n) is 3.04. The summed E-state index contributed by atoms with van der Waals surface area (Å²) >= 11 is 0. The number of hydrogen-bond acceptors (Lipinski definition) is 2. The summed E-state index contributed by atoms with van der Waals surface area (Å²) < 4.78 is 0.747. The van der Waals surface area contributed by atoms with E-state index in [0.717, 1.165) is 4.48 Å². The van der Waals surface area contributed by atoms with Gasteiger partial charge in [0.1, 0.15) is 6.20 Å². The fourth-order valence-corrected chi connectivity index (χ4v) is 0.923. The van der Waals surface area contributed by atoms with Gasteiger partial charge in [-0.05, 0) is 0 Å². The van der Waals surface area contributed by atoms with Crippen LogP contribution in [0.4, 0.5) is 0 Å². The molecule has 1 aliphatic rings. The zero-order valence-corrected chi connectivity index (χ0v) is 6.20. The summed E-state index contributed by atoms with van der Waals surface area (Å²) in [5.41, 5.74) is 5.79. The van der Waals surface area contributed by atoms with E-state index in [2.05, 4.69) is 20.3 Å². The lowest BCUT2D eigenvalue weighted by Crippen LogP contribution is -2.52. The van der Waals surface area contributed by atoms with E-state index >= 15 is 0 Å². The molecule has 0 aliphatic carbocycles. The van der Waals surface area contributed by atoms with Gasteiger partial charge in [-0.15, -0.1) is 0 Å². The molecule has 0 aromatic carbocycles. The van der Waals surface area contributed by atoms with Gasteiger partial charge in [0.15, 0.2) is 0 Å². The van der Waals surface area contributed by atoms with Gasteiger partial charge in [0.05, 0.1) is 20.3 Å². The van der Waals surface area contributed by atoms with Crippen molar-refractivity contribution in [3.05, 3.63) is 12.4 Å². The molecule has 0 aromatic rings. The van der Waals surface area contributed by atoms with Gasteiger partial charge in [-0.3, -0.25) is 10.2 Å². The van der Waals surface area contributed by atoms with Crippen molar-refractivity contribution in [2.24, 2.45) is 5.73 Å². The lowest BCUT2D eigenvalue weighted by molar-refractivity contribution is -0.868. The van der Waals surface area contributed by atoms with Crippen LogP contribution in [-0.2, 0) is 0 Å². The molecule has 0 spiro atoms. The highest BCUT2D eigenvalue weighted by Crippen LogP contribution is 2.13. The van der Waals surface area contributed by atoms with Gasteiger partial charge in [0.2, 0.25) is 6.29 Å². The first kappa shape index (κ1) is 6.58.